The van der Waals surface area contributed by atoms with Crippen LogP contribution in [0.5, 0.6) is 5.75 Å². The highest BCUT2D eigenvalue weighted by molar-refractivity contribution is 7.80. The number of aromatic carboxylic acids is 1. The van der Waals surface area contributed by atoms with Crippen molar-refractivity contribution in [3.8, 4) is 11.4 Å². The molecule has 1 aliphatic heterocycles. The van der Waals surface area contributed by atoms with Crippen LogP contribution in [0.2, 0.25) is 0 Å². The minimum absolute atomic E-state index is 0.111. The number of amides is 1. The van der Waals surface area contributed by atoms with E-state index in [1.807, 2.05) is 96.1 Å². The van der Waals surface area contributed by atoms with Gasteiger partial charge < -0.3 is 29.9 Å². The maximum atomic E-state index is 12.5. The number of thiocarbonyl (C=S) groups is 1. The number of nitrogens with zero attached hydrogens (tertiary/aromatic N) is 3. The molecule has 9 nitrogen and oxygen atoms in total. The molecule has 0 aliphatic carbocycles. The predicted molar refractivity (Wildman–Crippen MR) is 177 cm³/mol. The first-order chi connectivity index (χ1) is 21.8. The molecule has 1 aliphatic rings. The van der Waals surface area contributed by atoms with Crippen LogP contribution in [0, 0.1) is 13.8 Å². The quantitative estimate of drug-likeness (QED) is 0.164. The molecule has 2 atom stereocenters. The maximum Gasteiger partial charge on any atom is 0.337 e. The number of rotatable bonds is 9. The van der Waals surface area contributed by atoms with E-state index in [1.54, 1.807) is 30.5 Å². The van der Waals surface area contributed by atoms with Gasteiger partial charge in [0.15, 0.2) is 11.7 Å². The molecule has 45 heavy (non-hydrogen) atoms. The summed E-state index contributed by atoms with van der Waals surface area (Å²) in [5.41, 5.74) is 5.85. The number of benzene rings is 3. The summed E-state index contributed by atoms with van der Waals surface area (Å²) in [4.78, 5) is 31.3. The van der Waals surface area contributed by atoms with Crippen LogP contribution in [-0.2, 0) is 4.79 Å². The second-order valence-corrected chi connectivity index (χ2v) is 11.1. The van der Waals surface area contributed by atoms with Crippen molar-refractivity contribution in [2.24, 2.45) is 0 Å². The minimum atomic E-state index is -0.991. The number of hydrogen-bond acceptors (Lipinski definition) is 5. The number of ether oxygens (including phenoxy) is 1. The number of para-hydroxylation sites is 2. The Labute approximate surface area is 266 Å². The molecule has 0 saturated carbocycles. The van der Waals surface area contributed by atoms with Gasteiger partial charge in [-0.05, 0) is 98.4 Å². The highest BCUT2D eigenvalue weighted by atomic mass is 32.1. The van der Waals surface area contributed by atoms with Gasteiger partial charge in [0, 0.05) is 29.0 Å². The molecule has 1 fully saturated rings. The van der Waals surface area contributed by atoms with E-state index in [4.69, 9.17) is 17.0 Å². The van der Waals surface area contributed by atoms with E-state index < -0.39 is 5.97 Å². The summed E-state index contributed by atoms with van der Waals surface area (Å²) in [5.74, 6) is -0.639. The molecule has 5 aromatic rings. The van der Waals surface area contributed by atoms with Gasteiger partial charge in [0.25, 0.3) is 5.91 Å². The summed E-state index contributed by atoms with van der Waals surface area (Å²) < 4.78 is 7.54. The average Bonchev–Trinajstić information content (AvgIpc) is 3.55. The van der Waals surface area contributed by atoms with Gasteiger partial charge in [-0.2, -0.15) is 0 Å². The summed E-state index contributed by atoms with van der Waals surface area (Å²) >= 11 is 5.91. The minimum Gasteiger partial charge on any atom is -0.484 e. The van der Waals surface area contributed by atoms with Crippen LogP contribution >= 0.6 is 12.2 Å². The number of carbonyl (C=O) groups excluding carboxylic acids is 1. The van der Waals surface area contributed by atoms with Crippen LogP contribution in [0.1, 0.15) is 45.1 Å². The van der Waals surface area contributed by atoms with Crippen molar-refractivity contribution >= 4 is 40.6 Å². The third-order valence-electron chi connectivity index (χ3n) is 7.80. The SMILES string of the molecule is Cc1cc([C@H]2[C@@H](c3ccccn3)NC(=S)N2c2ccc(NC(=O)COc3ccccc3)cc2)c(C)n1-c1ccccc1C(=O)O. The van der Waals surface area contributed by atoms with Gasteiger partial charge in [0.2, 0.25) is 0 Å². The zero-order valence-corrected chi connectivity index (χ0v) is 25.5. The van der Waals surface area contributed by atoms with Gasteiger partial charge in [-0.25, -0.2) is 4.79 Å². The van der Waals surface area contributed by atoms with Crippen LogP contribution in [0.4, 0.5) is 11.4 Å². The molecule has 2 aromatic heterocycles. The Kier molecular flexibility index (Phi) is 8.30. The average molecular weight is 618 g/mol. The van der Waals surface area contributed by atoms with E-state index in [2.05, 4.69) is 21.7 Å². The number of anilines is 2. The van der Waals surface area contributed by atoms with E-state index in [1.165, 1.54) is 0 Å². The van der Waals surface area contributed by atoms with Crippen LogP contribution in [0.3, 0.4) is 0 Å². The third-order valence-corrected chi connectivity index (χ3v) is 8.12. The lowest BCUT2D eigenvalue weighted by atomic mass is 9.96. The number of hydrogen-bond donors (Lipinski definition) is 3. The molecule has 3 N–H and O–H groups in total. The lowest BCUT2D eigenvalue weighted by molar-refractivity contribution is -0.118. The summed E-state index contributed by atoms with van der Waals surface area (Å²) in [6, 6.07) is 30.9. The Morgan fingerprint density at radius 1 is 0.956 bits per heavy atom. The molecular formula is C35H31N5O4S. The number of aryl methyl sites for hydroxylation is 1. The zero-order valence-electron chi connectivity index (χ0n) is 24.7. The molecule has 10 heteroatoms. The smallest absolute Gasteiger partial charge is 0.337 e. The number of aromatic nitrogens is 2. The lowest BCUT2D eigenvalue weighted by Gasteiger charge is -2.28. The van der Waals surface area contributed by atoms with E-state index in [0.717, 1.165) is 28.3 Å². The highest BCUT2D eigenvalue weighted by Crippen LogP contribution is 2.44. The number of carboxylic acids is 1. The van der Waals surface area contributed by atoms with Crippen molar-refractivity contribution in [3.63, 3.8) is 0 Å². The fourth-order valence-corrected chi connectivity index (χ4v) is 6.17. The molecule has 3 aromatic carbocycles. The van der Waals surface area contributed by atoms with Crippen LogP contribution in [0.15, 0.2) is 109 Å². The van der Waals surface area contributed by atoms with Crippen LogP contribution in [0.25, 0.3) is 5.69 Å². The first-order valence-corrected chi connectivity index (χ1v) is 14.8. The molecule has 6 rings (SSSR count). The van der Waals surface area contributed by atoms with Gasteiger partial charge in [0.05, 0.1) is 29.0 Å². The molecule has 0 spiro atoms. The van der Waals surface area contributed by atoms with Gasteiger partial charge in [-0.15, -0.1) is 0 Å². The fraction of sp³-hybridized carbons (Fsp3) is 0.143. The second kappa shape index (κ2) is 12.6. The first kappa shape index (κ1) is 29.6. The Balaban J connectivity index is 1.33. The van der Waals surface area contributed by atoms with Crippen LogP contribution in [-0.4, -0.2) is 38.3 Å². The molecule has 226 valence electrons. The Morgan fingerprint density at radius 2 is 1.67 bits per heavy atom. The Morgan fingerprint density at radius 3 is 2.38 bits per heavy atom. The monoisotopic (exact) mass is 617 g/mol. The molecule has 1 amide bonds. The fourth-order valence-electron chi connectivity index (χ4n) is 5.82. The number of carbonyl (C=O) groups is 2. The van der Waals surface area contributed by atoms with Crippen molar-refractivity contribution in [2.45, 2.75) is 25.9 Å². The molecular weight excluding hydrogens is 586 g/mol. The van der Waals surface area contributed by atoms with Crippen molar-refractivity contribution in [2.75, 3.05) is 16.8 Å². The van der Waals surface area contributed by atoms with Crippen LogP contribution < -0.4 is 20.3 Å². The van der Waals surface area contributed by atoms with Crippen molar-refractivity contribution in [3.05, 3.63) is 138 Å². The largest absolute Gasteiger partial charge is 0.484 e. The van der Waals surface area contributed by atoms with E-state index in [-0.39, 0.29) is 30.2 Å². The van der Waals surface area contributed by atoms with Gasteiger partial charge >= 0.3 is 5.97 Å². The predicted octanol–water partition coefficient (Wildman–Crippen LogP) is 6.38. The van der Waals surface area contributed by atoms with Crippen molar-refractivity contribution in [1.29, 1.82) is 0 Å². The summed E-state index contributed by atoms with van der Waals surface area (Å²) in [6.07, 6.45) is 1.76. The van der Waals surface area contributed by atoms with Crippen molar-refractivity contribution < 1.29 is 19.4 Å². The molecule has 0 radical (unpaired) electrons. The highest BCUT2D eigenvalue weighted by Gasteiger charge is 2.42. The maximum absolute atomic E-state index is 12.5. The second-order valence-electron chi connectivity index (χ2n) is 10.7. The molecule has 3 heterocycles. The number of carboxylic acid groups (broad SMARTS) is 1. The van der Waals surface area contributed by atoms with E-state index >= 15 is 0 Å². The molecule has 0 unspecified atom stereocenters. The number of pyridine rings is 1. The van der Waals surface area contributed by atoms with Gasteiger partial charge in [-0.3, -0.25) is 9.78 Å². The summed E-state index contributed by atoms with van der Waals surface area (Å²) in [6.45, 7) is 3.85. The lowest BCUT2D eigenvalue weighted by Crippen LogP contribution is -2.29. The number of nitrogens with one attached hydrogen (secondary N) is 2. The summed E-state index contributed by atoms with van der Waals surface area (Å²) in [7, 11) is 0. The van der Waals surface area contributed by atoms with Gasteiger partial charge in [-0.1, -0.05) is 36.4 Å². The first-order valence-electron chi connectivity index (χ1n) is 14.4. The molecule has 0 bridgehead atoms. The van der Waals surface area contributed by atoms with E-state index in [9.17, 15) is 14.7 Å². The Bertz CT molecular complexity index is 1860. The summed E-state index contributed by atoms with van der Waals surface area (Å²) in [5, 5.41) is 16.8. The zero-order chi connectivity index (χ0) is 31.5. The normalized spacial score (nSPS) is 15.9. The Hall–Kier alpha value is -5.48. The van der Waals surface area contributed by atoms with Crippen molar-refractivity contribution in [1.82, 2.24) is 14.9 Å². The topological polar surface area (TPSA) is 109 Å². The van der Waals surface area contributed by atoms with Gasteiger partial charge in [0.1, 0.15) is 5.75 Å². The van der Waals surface area contributed by atoms with E-state index in [0.29, 0.717) is 22.2 Å². The third kappa shape index (κ3) is 6.00. The molecule has 1 saturated heterocycles. The standard InChI is InChI=1S/C35H31N5O4S/c1-22-20-28(23(2)39(22)30-14-7-6-12-27(30)34(42)43)33-32(29-13-8-9-19-36-29)38-35(45)40(33)25-17-15-24(16-18-25)37-31(41)21-44-26-10-4-3-5-11-26/h3-20,32-33H,21H2,1-2H3,(H,37,41)(H,38,45)(H,42,43)/t32-,33+/m1/s1.